The highest BCUT2D eigenvalue weighted by molar-refractivity contribution is 6.73. The standard InChI is InChI=1S/C14H28O3Si/c1-5-11-14(15)16-12-9-10-13-17-18(6-2,7-3)8-4/h5,11H,6-10,12-13H2,1-4H3. The number of hydrogen-bond donors (Lipinski definition) is 0. The van der Waals surface area contributed by atoms with Crippen LogP contribution in [-0.2, 0) is 14.0 Å². The Hall–Kier alpha value is -0.613. The van der Waals surface area contributed by atoms with E-state index in [1.165, 1.54) is 24.2 Å². The highest BCUT2D eigenvalue weighted by Gasteiger charge is 2.28. The van der Waals surface area contributed by atoms with Crippen molar-refractivity contribution in [1.29, 1.82) is 0 Å². The molecule has 0 spiro atoms. The predicted octanol–water partition coefficient (Wildman–Crippen LogP) is 3.91. The number of unbranched alkanes of at least 4 members (excludes halogenated alkanes) is 1. The van der Waals surface area contributed by atoms with E-state index >= 15 is 0 Å². The summed E-state index contributed by atoms with van der Waals surface area (Å²) < 4.78 is 11.1. The molecule has 106 valence electrons. The number of rotatable bonds is 10. The van der Waals surface area contributed by atoms with Crippen LogP contribution in [0.15, 0.2) is 12.2 Å². The predicted molar refractivity (Wildman–Crippen MR) is 78.2 cm³/mol. The zero-order valence-electron chi connectivity index (χ0n) is 12.3. The molecule has 0 aromatic rings. The number of ether oxygens (including phenoxy) is 1. The normalized spacial score (nSPS) is 12.0. The summed E-state index contributed by atoms with van der Waals surface area (Å²) in [4.78, 5) is 11.0. The van der Waals surface area contributed by atoms with Crippen LogP contribution in [0.1, 0.15) is 40.5 Å². The van der Waals surface area contributed by atoms with Gasteiger partial charge in [-0.3, -0.25) is 0 Å². The van der Waals surface area contributed by atoms with Crippen LogP contribution in [0.4, 0.5) is 0 Å². The highest BCUT2D eigenvalue weighted by Crippen LogP contribution is 2.21. The molecule has 0 aliphatic carbocycles. The first kappa shape index (κ1) is 17.4. The van der Waals surface area contributed by atoms with Crippen molar-refractivity contribution in [2.45, 2.75) is 58.7 Å². The molecule has 0 saturated heterocycles. The van der Waals surface area contributed by atoms with Crippen molar-refractivity contribution in [2.24, 2.45) is 0 Å². The van der Waals surface area contributed by atoms with Gasteiger partial charge < -0.3 is 9.16 Å². The molecule has 0 rings (SSSR count). The van der Waals surface area contributed by atoms with Crippen LogP contribution in [0.2, 0.25) is 18.1 Å². The lowest BCUT2D eigenvalue weighted by Crippen LogP contribution is -2.36. The van der Waals surface area contributed by atoms with Gasteiger partial charge in [-0.05, 0) is 37.9 Å². The minimum atomic E-state index is -1.43. The molecule has 0 N–H and O–H groups in total. The van der Waals surface area contributed by atoms with Crippen molar-refractivity contribution in [2.75, 3.05) is 13.2 Å². The lowest BCUT2D eigenvalue weighted by Gasteiger charge is -2.27. The van der Waals surface area contributed by atoms with E-state index in [1.54, 1.807) is 13.0 Å². The molecule has 18 heavy (non-hydrogen) atoms. The summed E-state index contributed by atoms with van der Waals surface area (Å²) >= 11 is 0. The molecule has 0 unspecified atom stereocenters. The van der Waals surface area contributed by atoms with Gasteiger partial charge in [-0.2, -0.15) is 0 Å². The topological polar surface area (TPSA) is 35.5 Å². The molecule has 0 fully saturated rings. The second kappa shape index (κ2) is 10.3. The van der Waals surface area contributed by atoms with E-state index in [0.29, 0.717) is 6.61 Å². The summed E-state index contributed by atoms with van der Waals surface area (Å²) in [6.07, 6.45) is 4.98. The average Bonchev–Trinajstić information content (AvgIpc) is 2.39. The van der Waals surface area contributed by atoms with Crippen LogP contribution in [-0.4, -0.2) is 27.5 Å². The summed E-state index contributed by atoms with van der Waals surface area (Å²) in [5.41, 5.74) is 0. The lowest BCUT2D eigenvalue weighted by atomic mass is 10.3. The third kappa shape index (κ3) is 6.96. The van der Waals surface area contributed by atoms with Crippen LogP contribution < -0.4 is 0 Å². The summed E-state index contributed by atoms with van der Waals surface area (Å²) in [5, 5.41) is 0. The maximum absolute atomic E-state index is 11.0. The Morgan fingerprint density at radius 3 is 2.11 bits per heavy atom. The third-order valence-electron chi connectivity index (χ3n) is 3.43. The zero-order chi connectivity index (χ0) is 13.9. The highest BCUT2D eigenvalue weighted by atomic mass is 28.4. The first-order valence-corrected chi connectivity index (χ1v) is 9.60. The Kier molecular flexibility index (Phi) is 9.97. The number of carbonyl (C=O) groups excluding carboxylic acids is 1. The fourth-order valence-corrected chi connectivity index (χ4v) is 4.60. The Morgan fingerprint density at radius 1 is 1.06 bits per heavy atom. The quantitative estimate of drug-likeness (QED) is 0.262. The molecule has 0 radical (unpaired) electrons. The lowest BCUT2D eigenvalue weighted by molar-refractivity contribution is -0.137. The summed E-state index contributed by atoms with van der Waals surface area (Å²) in [6.45, 7) is 9.81. The second-order valence-corrected chi connectivity index (χ2v) is 9.24. The molecule has 0 aromatic carbocycles. The van der Waals surface area contributed by atoms with Gasteiger partial charge in [0, 0.05) is 12.7 Å². The molecule has 0 aliphatic heterocycles. The van der Waals surface area contributed by atoms with Gasteiger partial charge >= 0.3 is 5.97 Å². The van der Waals surface area contributed by atoms with Gasteiger partial charge in [0.2, 0.25) is 0 Å². The molecule has 0 aromatic heterocycles. The van der Waals surface area contributed by atoms with Gasteiger partial charge in [0.05, 0.1) is 6.61 Å². The molecule has 0 amide bonds. The smallest absolute Gasteiger partial charge is 0.330 e. The molecule has 0 bridgehead atoms. The Morgan fingerprint density at radius 2 is 1.61 bits per heavy atom. The molecule has 0 heterocycles. The molecule has 3 nitrogen and oxygen atoms in total. The fourth-order valence-electron chi connectivity index (χ4n) is 1.91. The van der Waals surface area contributed by atoms with Crippen LogP contribution in [0.3, 0.4) is 0 Å². The molecule has 0 saturated carbocycles. The Bertz CT molecular complexity index is 239. The Balaban J connectivity index is 3.64. The molecular formula is C14H28O3Si. The fraction of sp³-hybridized carbons (Fsp3) is 0.786. The SMILES string of the molecule is CC=CC(=O)OCCCCO[Si](CC)(CC)CC. The van der Waals surface area contributed by atoms with Gasteiger partial charge in [-0.25, -0.2) is 4.79 Å². The van der Waals surface area contributed by atoms with Crippen molar-refractivity contribution in [3.8, 4) is 0 Å². The van der Waals surface area contributed by atoms with Gasteiger partial charge in [0.1, 0.15) is 0 Å². The number of carbonyl (C=O) groups is 1. The van der Waals surface area contributed by atoms with Gasteiger partial charge in [-0.1, -0.05) is 26.8 Å². The Labute approximate surface area is 113 Å². The van der Waals surface area contributed by atoms with Crippen molar-refractivity contribution in [3.05, 3.63) is 12.2 Å². The summed E-state index contributed by atoms with van der Waals surface area (Å²) in [7, 11) is -1.43. The molecule has 0 aliphatic rings. The van der Waals surface area contributed by atoms with E-state index in [2.05, 4.69) is 20.8 Å². The summed E-state index contributed by atoms with van der Waals surface area (Å²) in [5.74, 6) is -0.252. The van der Waals surface area contributed by atoms with Gasteiger partial charge in [0.15, 0.2) is 8.32 Å². The maximum Gasteiger partial charge on any atom is 0.330 e. The van der Waals surface area contributed by atoms with Gasteiger partial charge in [0.25, 0.3) is 0 Å². The van der Waals surface area contributed by atoms with E-state index < -0.39 is 8.32 Å². The number of hydrogen-bond acceptors (Lipinski definition) is 3. The minimum absolute atomic E-state index is 0.252. The third-order valence-corrected chi connectivity index (χ3v) is 8.11. The first-order chi connectivity index (χ1) is 8.64. The monoisotopic (exact) mass is 272 g/mol. The van der Waals surface area contributed by atoms with Crippen LogP contribution in [0.25, 0.3) is 0 Å². The van der Waals surface area contributed by atoms with E-state index in [4.69, 9.17) is 9.16 Å². The van der Waals surface area contributed by atoms with Crippen molar-refractivity contribution >= 4 is 14.3 Å². The molecule has 0 atom stereocenters. The van der Waals surface area contributed by atoms with Crippen LogP contribution in [0.5, 0.6) is 0 Å². The van der Waals surface area contributed by atoms with E-state index in [1.807, 2.05) is 0 Å². The van der Waals surface area contributed by atoms with Crippen LogP contribution >= 0.6 is 0 Å². The van der Waals surface area contributed by atoms with E-state index in [0.717, 1.165) is 19.4 Å². The molecule has 4 heteroatoms. The van der Waals surface area contributed by atoms with Crippen LogP contribution in [0, 0.1) is 0 Å². The van der Waals surface area contributed by atoms with Crippen molar-refractivity contribution in [3.63, 3.8) is 0 Å². The minimum Gasteiger partial charge on any atom is -0.463 e. The second-order valence-electron chi connectivity index (χ2n) is 4.47. The number of esters is 1. The first-order valence-electron chi connectivity index (χ1n) is 7.07. The van der Waals surface area contributed by atoms with Crippen molar-refractivity contribution < 1.29 is 14.0 Å². The maximum atomic E-state index is 11.0. The number of allylic oxidation sites excluding steroid dienone is 1. The summed E-state index contributed by atoms with van der Waals surface area (Å²) in [6, 6.07) is 3.57. The molecular weight excluding hydrogens is 244 g/mol. The van der Waals surface area contributed by atoms with E-state index in [9.17, 15) is 4.79 Å². The van der Waals surface area contributed by atoms with Gasteiger partial charge in [-0.15, -0.1) is 0 Å². The average molecular weight is 272 g/mol. The zero-order valence-corrected chi connectivity index (χ0v) is 13.3. The van der Waals surface area contributed by atoms with E-state index in [-0.39, 0.29) is 5.97 Å². The van der Waals surface area contributed by atoms with Crippen molar-refractivity contribution in [1.82, 2.24) is 0 Å². The largest absolute Gasteiger partial charge is 0.463 e.